The second-order valence-electron chi connectivity index (χ2n) is 6.08. The van der Waals surface area contributed by atoms with E-state index in [4.69, 9.17) is 11.2 Å². The summed E-state index contributed by atoms with van der Waals surface area (Å²) in [5, 5.41) is 16.6. The lowest BCUT2D eigenvalue weighted by molar-refractivity contribution is -0.384. The minimum atomic E-state index is -0.488. The number of nitrogens with zero attached hydrogens (tertiary/aromatic N) is 2. The third-order valence-corrected chi connectivity index (χ3v) is 4.14. The van der Waals surface area contributed by atoms with E-state index in [0.29, 0.717) is 16.9 Å². The van der Waals surface area contributed by atoms with Gasteiger partial charge in [0.2, 0.25) is 5.91 Å². The number of carbonyl (C=O) groups is 1. The summed E-state index contributed by atoms with van der Waals surface area (Å²) < 4.78 is 5.58. The molecule has 0 radical (unpaired) electrons. The molecule has 0 spiro atoms. The number of rotatable bonds is 7. The number of amides is 1. The van der Waals surface area contributed by atoms with Crippen molar-refractivity contribution in [3.63, 3.8) is 0 Å². The average Bonchev–Trinajstić information content (AvgIpc) is 2.73. The first-order valence-electron chi connectivity index (χ1n) is 8.71. The Hall–Kier alpha value is -4.18. The van der Waals surface area contributed by atoms with Crippen molar-refractivity contribution in [1.82, 2.24) is 5.43 Å². The maximum Gasteiger partial charge on any atom is 0.269 e. The van der Waals surface area contributed by atoms with E-state index in [1.807, 2.05) is 30.3 Å². The van der Waals surface area contributed by atoms with Crippen LogP contribution in [0.3, 0.4) is 0 Å². The van der Waals surface area contributed by atoms with Gasteiger partial charge in [-0.3, -0.25) is 14.9 Å². The largest absolute Gasteiger partial charge is 0.480 e. The van der Waals surface area contributed by atoms with E-state index in [1.54, 1.807) is 6.07 Å². The number of benzene rings is 3. The van der Waals surface area contributed by atoms with E-state index in [2.05, 4.69) is 16.4 Å². The number of fused-ring (bicyclic) bond motifs is 1. The Bertz CT molecular complexity index is 1120. The number of ether oxygens (including phenoxy) is 1. The summed E-state index contributed by atoms with van der Waals surface area (Å²) in [6.07, 6.45) is 6.84. The molecule has 0 atom stereocenters. The van der Waals surface area contributed by atoms with Crippen LogP contribution in [-0.4, -0.2) is 23.7 Å². The van der Waals surface area contributed by atoms with Gasteiger partial charge in [-0.1, -0.05) is 48.4 Å². The maximum absolute atomic E-state index is 12.1. The Labute approximate surface area is 167 Å². The van der Waals surface area contributed by atoms with Gasteiger partial charge < -0.3 is 4.74 Å². The molecule has 0 heterocycles. The topological polar surface area (TPSA) is 93.8 Å². The molecule has 29 heavy (non-hydrogen) atoms. The number of non-ortho nitro benzene ring substituents is 1. The van der Waals surface area contributed by atoms with Gasteiger partial charge >= 0.3 is 0 Å². The lowest BCUT2D eigenvalue weighted by Crippen LogP contribution is -2.19. The van der Waals surface area contributed by atoms with Crippen molar-refractivity contribution >= 4 is 28.6 Å². The first-order valence-corrected chi connectivity index (χ1v) is 8.71. The van der Waals surface area contributed by atoms with E-state index in [-0.39, 0.29) is 24.6 Å². The van der Waals surface area contributed by atoms with Crippen LogP contribution in [0.4, 0.5) is 5.69 Å². The maximum atomic E-state index is 12.1. The SMILES string of the molecule is C#CCOc1ccc2ccccc2c1/C=N\NC(=O)Cc1ccc([N+](=O)[O-])cc1. The summed E-state index contributed by atoms with van der Waals surface area (Å²) in [5.74, 6) is 2.64. The van der Waals surface area contributed by atoms with Gasteiger partial charge in [0.1, 0.15) is 12.4 Å². The predicted octanol–water partition coefficient (Wildman–Crippen LogP) is 3.45. The molecule has 0 saturated carbocycles. The van der Waals surface area contributed by atoms with Crippen LogP contribution in [0.1, 0.15) is 11.1 Å². The van der Waals surface area contributed by atoms with Gasteiger partial charge in [-0.2, -0.15) is 5.10 Å². The lowest BCUT2D eigenvalue weighted by Gasteiger charge is -2.09. The molecule has 0 aliphatic heterocycles. The zero-order valence-corrected chi connectivity index (χ0v) is 15.4. The Morgan fingerprint density at radius 3 is 2.66 bits per heavy atom. The molecule has 144 valence electrons. The van der Waals surface area contributed by atoms with Crippen molar-refractivity contribution in [2.75, 3.05) is 6.61 Å². The van der Waals surface area contributed by atoms with Crippen LogP contribution < -0.4 is 10.2 Å². The van der Waals surface area contributed by atoms with Crippen molar-refractivity contribution in [2.24, 2.45) is 5.10 Å². The molecule has 0 aliphatic carbocycles. The Kier molecular flexibility index (Phi) is 6.18. The summed E-state index contributed by atoms with van der Waals surface area (Å²) in [5.41, 5.74) is 3.79. The van der Waals surface area contributed by atoms with Gasteiger partial charge in [0.05, 0.1) is 17.6 Å². The molecule has 1 amide bonds. The highest BCUT2D eigenvalue weighted by Gasteiger charge is 2.09. The molecule has 0 fully saturated rings. The van der Waals surface area contributed by atoms with Crippen LogP contribution in [0.5, 0.6) is 5.75 Å². The minimum absolute atomic E-state index is 0.0253. The van der Waals surface area contributed by atoms with Crippen molar-refractivity contribution in [3.05, 3.63) is 81.9 Å². The fourth-order valence-electron chi connectivity index (χ4n) is 2.78. The molecule has 1 N–H and O–H groups in total. The molecule has 7 heteroatoms. The second kappa shape index (κ2) is 9.15. The lowest BCUT2D eigenvalue weighted by atomic mass is 10.0. The standard InChI is InChI=1S/C22H17N3O4/c1-2-13-29-21-12-9-17-5-3-4-6-19(17)20(21)15-23-24-22(26)14-16-7-10-18(11-8-16)25(27)28/h1,3-12,15H,13-14H2,(H,24,26)/b23-15-. The highest BCUT2D eigenvalue weighted by molar-refractivity contribution is 6.02. The molecule has 3 aromatic carbocycles. The molecule has 0 unspecified atom stereocenters. The van der Waals surface area contributed by atoms with Crippen LogP contribution in [0.15, 0.2) is 65.8 Å². The summed E-state index contributed by atoms with van der Waals surface area (Å²) in [4.78, 5) is 22.3. The zero-order chi connectivity index (χ0) is 20.6. The summed E-state index contributed by atoms with van der Waals surface area (Å²) >= 11 is 0. The van der Waals surface area contributed by atoms with Crippen molar-refractivity contribution < 1.29 is 14.5 Å². The first kappa shape index (κ1) is 19.6. The van der Waals surface area contributed by atoms with Crippen molar-refractivity contribution in [1.29, 1.82) is 0 Å². The normalized spacial score (nSPS) is 10.6. The Balaban J connectivity index is 1.73. The molecular weight excluding hydrogens is 370 g/mol. The Morgan fingerprint density at radius 1 is 1.17 bits per heavy atom. The summed E-state index contributed by atoms with van der Waals surface area (Å²) in [7, 11) is 0. The number of hydrogen-bond donors (Lipinski definition) is 1. The molecule has 3 aromatic rings. The second-order valence-corrected chi connectivity index (χ2v) is 6.08. The zero-order valence-electron chi connectivity index (χ0n) is 15.4. The van der Waals surface area contributed by atoms with Crippen LogP contribution in [0, 0.1) is 22.5 Å². The monoisotopic (exact) mass is 387 g/mol. The quantitative estimate of drug-likeness (QED) is 0.291. The fraction of sp³-hybridized carbons (Fsp3) is 0.0909. The molecule has 0 saturated heterocycles. The van der Waals surface area contributed by atoms with Gasteiger partial charge in [-0.15, -0.1) is 6.42 Å². The van der Waals surface area contributed by atoms with E-state index < -0.39 is 4.92 Å². The van der Waals surface area contributed by atoms with Crippen LogP contribution >= 0.6 is 0 Å². The van der Waals surface area contributed by atoms with Crippen LogP contribution in [0.2, 0.25) is 0 Å². The van der Waals surface area contributed by atoms with Gasteiger partial charge in [-0.05, 0) is 22.4 Å². The third-order valence-electron chi connectivity index (χ3n) is 4.14. The molecule has 0 bridgehead atoms. The van der Waals surface area contributed by atoms with Crippen LogP contribution in [0.25, 0.3) is 10.8 Å². The Morgan fingerprint density at radius 2 is 1.93 bits per heavy atom. The van der Waals surface area contributed by atoms with E-state index >= 15 is 0 Å². The van der Waals surface area contributed by atoms with Gasteiger partial charge in [0, 0.05) is 17.7 Å². The first-order chi connectivity index (χ1) is 14.1. The molecule has 3 rings (SSSR count). The van der Waals surface area contributed by atoms with Gasteiger partial charge in [0.15, 0.2) is 0 Å². The molecule has 0 aliphatic rings. The molecule has 0 aromatic heterocycles. The number of hydrogen-bond acceptors (Lipinski definition) is 5. The highest BCUT2D eigenvalue weighted by atomic mass is 16.6. The molecular formula is C22H17N3O4. The smallest absolute Gasteiger partial charge is 0.269 e. The number of hydrazone groups is 1. The predicted molar refractivity (Wildman–Crippen MR) is 111 cm³/mol. The molecule has 7 nitrogen and oxygen atoms in total. The van der Waals surface area contributed by atoms with E-state index in [9.17, 15) is 14.9 Å². The van der Waals surface area contributed by atoms with Gasteiger partial charge in [0.25, 0.3) is 5.69 Å². The number of nitro groups is 1. The summed E-state index contributed by atoms with van der Waals surface area (Å²) in [6, 6.07) is 17.2. The van der Waals surface area contributed by atoms with Gasteiger partial charge in [-0.25, -0.2) is 5.43 Å². The summed E-state index contributed by atoms with van der Waals surface area (Å²) in [6.45, 7) is 0.117. The number of terminal acetylenes is 1. The number of nitro benzene ring substituents is 1. The van der Waals surface area contributed by atoms with E-state index in [0.717, 1.165) is 10.8 Å². The third kappa shape index (κ3) is 4.96. The van der Waals surface area contributed by atoms with Crippen molar-refractivity contribution in [3.8, 4) is 18.1 Å². The van der Waals surface area contributed by atoms with Crippen LogP contribution in [-0.2, 0) is 11.2 Å². The average molecular weight is 387 g/mol. The number of nitrogens with one attached hydrogen (secondary N) is 1. The van der Waals surface area contributed by atoms with E-state index in [1.165, 1.54) is 30.5 Å². The minimum Gasteiger partial charge on any atom is -0.480 e. The fourth-order valence-corrected chi connectivity index (χ4v) is 2.78. The number of carbonyl (C=O) groups excluding carboxylic acids is 1. The highest BCUT2D eigenvalue weighted by Crippen LogP contribution is 2.26. The van der Waals surface area contributed by atoms with Crippen molar-refractivity contribution in [2.45, 2.75) is 6.42 Å².